The van der Waals surface area contributed by atoms with Crippen LogP contribution in [0.25, 0.3) is 11.0 Å². The van der Waals surface area contributed by atoms with Gasteiger partial charge in [-0.1, -0.05) is 18.2 Å². The van der Waals surface area contributed by atoms with Crippen molar-refractivity contribution >= 4 is 11.0 Å². The summed E-state index contributed by atoms with van der Waals surface area (Å²) in [6.07, 6.45) is -0.831. The van der Waals surface area contributed by atoms with Gasteiger partial charge in [0.05, 0.1) is 25.3 Å². The molecule has 0 fully saturated rings. The molecule has 0 saturated carbocycles. The number of para-hydroxylation sites is 2. The highest BCUT2D eigenvalue weighted by atomic mass is 16.5. The molecule has 1 aromatic heterocycles. The summed E-state index contributed by atoms with van der Waals surface area (Å²) in [7, 11) is 3.17. The lowest BCUT2D eigenvalue weighted by molar-refractivity contribution is 0.205. The first-order chi connectivity index (χ1) is 11.2. The predicted octanol–water partition coefficient (Wildman–Crippen LogP) is 3.16. The highest BCUT2D eigenvalue weighted by Gasteiger charge is 2.20. The molecule has 23 heavy (non-hydrogen) atoms. The summed E-state index contributed by atoms with van der Waals surface area (Å²) in [6, 6.07) is 13.3. The summed E-state index contributed by atoms with van der Waals surface area (Å²) >= 11 is 0. The zero-order chi connectivity index (χ0) is 16.4. The van der Waals surface area contributed by atoms with Crippen LogP contribution in [0.3, 0.4) is 0 Å². The van der Waals surface area contributed by atoms with E-state index in [9.17, 15) is 5.11 Å². The van der Waals surface area contributed by atoms with Crippen LogP contribution in [-0.2, 0) is 6.54 Å². The van der Waals surface area contributed by atoms with Crippen molar-refractivity contribution in [3.05, 3.63) is 53.9 Å². The fraction of sp³-hybridized carbons (Fsp3) is 0.278. The van der Waals surface area contributed by atoms with E-state index in [0.29, 0.717) is 22.9 Å². The van der Waals surface area contributed by atoms with Crippen LogP contribution < -0.4 is 9.47 Å². The lowest BCUT2D eigenvalue weighted by Crippen LogP contribution is -2.09. The Labute approximate surface area is 135 Å². The maximum absolute atomic E-state index is 10.8. The number of aryl methyl sites for hydroxylation is 1. The predicted molar refractivity (Wildman–Crippen MR) is 89.0 cm³/mol. The summed E-state index contributed by atoms with van der Waals surface area (Å²) in [6.45, 7) is 2.78. The van der Waals surface area contributed by atoms with Gasteiger partial charge < -0.3 is 19.1 Å². The molecule has 0 unspecified atom stereocenters. The number of hydrogen-bond donors (Lipinski definition) is 1. The van der Waals surface area contributed by atoms with Crippen molar-refractivity contribution in [3.8, 4) is 11.5 Å². The molecule has 1 heterocycles. The number of aliphatic hydroxyl groups is 1. The monoisotopic (exact) mass is 312 g/mol. The van der Waals surface area contributed by atoms with Gasteiger partial charge in [-0.25, -0.2) is 4.98 Å². The standard InChI is InChI=1S/C18H20N2O3/c1-4-20-14-8-6-5-7-13(14)19-18(20)17(21)12-9-10-15(22-2)16(11-12)23-3/h5-11,17,21H,4H2,1-3H3/t17-/m0/s1. The number of aromatic nitrogens is 2. The third-order valence-electron chi connectivity index (χ3n) is 3.97. The highest BCUT2D eigenvalue weighted by Crippen LogP contribution is 2.32. The molecule has 0 spiro atoms. The average Bonchev–Trinajstić information content (AvgIpc) is 2.98. The van der Waals surface area contributed by atoms with E-state index < -0.39 is 6.10 Å². The first-order valence-electron chi connectivity index (χ1n) is 7.54. The van der Waals surface area contributed by atoms with Crippen molar-refractivity contribution < 1.29 is 14.6 Å². The van der Waals surface area contributed by atoms with Crippen LogP contribution in [0, 0.1) is 0 Å². The Morgan fingerprint density at radius 2 is 1.83 bits per heavy atom. The smallest absolute Gasteiger partial charge is 0.161 e. The molecule has 0 amide bonds. The van der Waals surface area contributed by atoms with Crippen LogP contribution in [0.2, 0.25) is 0 Å². The minimum atomic E-state index is -0.831. The number of fused-ring (bicyclic) bond motifs is 1. The largest absolute Gasteiger partial charge is 0.493 e. The van der Waals surface area contributed by atoms with Gasteiger partial charge in [-0.2, -0.15) is 0 Å². The number of methoxy groups -OCH3 is 2. The molecule has 0 aliphatic carbocycles. The quantitative estimate of drug-likeness (QED) is 0.786. The molecule has 3 aromatic rings. The topological polar surface area (TPSA) is 56.5 Å². The summed E-state index contributed by atoms with van der Waals surface area (Å²) in [5.41, 5.74) is 2.61. The molecule has 5 nitrogen and oxygen atoms in total. The van der Waals surface area contributed by atoms with Crippen molar-refractivity contribution in [2.24, 2.45) is 0 Å². The fourth-order valence-electron chi connectivity index (χ4n) is 2.81. The van der Waals surface area contributed by atoms with Crippen LogP contribution in [0.4, 0.5) is 0 Å². The van der Waals surface area contributed by atoms with Gasteiger partial charge in [0.2, 0.25) is 0 Å². The minimum Gasteiger partial charge on any atom is -0.493 e. The van der Waals surface area contributed by atoms with Crippen molar-refractivity contribution in [2.75, 3.05) is 14.2 Å². The first kappa shape index (κ1) is 15.4. The van der Waals surface area contributed by atoms with Crippen LogP contribution in [0.15, 0.2) is 42.5 Å². The summed E-state index contributed by atoms with van der Waals surface area (Å²) < 4.78 is 12.6. The molecular weight excluding hydrogens is 292 g/mol. The minimum absolute atomic E-state index is 0.586. The van der Waals surface area contributed by atoms with Gasteiger partial charge in [-0.15, -0.1) is 0 Å². The molecule has 2 aromatic carbocycles. The lowest BCUT2D eigenvalue weighted by atomic mass is 10.1. The molecule has 0 radical (unpaired) electrons. The zero-order valence-corrected chi connectivity index (χ0v) is 13.5. The molecule has 1 atom stereocenters. The molecule has 0 aliphatic heterocycles. The second kappa shape index (κ2) is 6.30. The Kier molecular flexibility index (Phi) is 4.21. The number of aliphatic hydroxyl groups excluding tert-OH is 1. The third kappa shape index (κ3) is 2.64. The van der Waals surface area contributed by atoms with Gasteiger partial charge in [0.25, 0.3) is 0 Å². The Balaban J connectivity index is 2.08. The van der Waals surface area contributed by atoms with Crippen molar-refractivity contribution in [1.29, 1.82) is 0 Å². The number of nitrogens with zero attached hydrogens (tertiary/aromatic N) is 2. The fourth-order valence-corrected chi connectivity index (χ4v) is 2.81. The summed E-state index contributed by atoms with van der Waals surface area (Å²) in [4.78, 5) is 4.60. The van der Waals surface area contributed by atoms with E-state index >= 15 is 0 Å². The number of imidazole rings is 1. The SMILES string of the molecule is CCn1c([C@@H](O)c2ccc(OC)c(OC)c2)nc2ccccc21. The Hall–Kier alpha value is -2.53. The highest BCUT2D eigenvalue weighted by molar-refractivity contribution is 5.76. The Bertz CT molecular complexity index is 826. The van der Waals surface area contributed by atoms with E-state index in [1.165, 1.54) is 0 Å². The number of hydrogen-bond acceptors (Lipinski definition) is 4. The van der Waals surface area contributed by atoms with Gasteiger partial charge in [0, 0.05) is 6.54 Å². The van der Waals surface area contributed by atoms with Gasteiger partial charge in [-0.05, 0) is 36.8 Å². The molecular formula is C18H20N2O3. The third-order valence-corrected chi connectivity index (χ3v) is 3.97. The van der Waals surface area contributed by atoms with Gasteiger partial charge in [0.15, 0.2) is 11.5 Å². The van der Waals surface area contributed by atoms with E-state index in [1.807, 2.05) is 41.8 Å². The maximum Gasteiger partial charge on any atom is 0.161 e. The van der Waals surface area contributed by atoms with E-state index in [0.717, 1.165) is 17.6 Å². The zero-order valence-electron chi connectivity index (χ0n) is 13.5. The molecule has 3 rings (SSSR count). The van der Waals surface area contributed by atoms with E-state index in [2.05, 4.69) is 4.98 Å². The normalized spacial score (nSPS) is 12.3. The van der Waals surface area contributed by atoms with Crippen molar-refractivity contribution in [2.45, 2.75) is 19.6 Å². The van der Waals surface area contributed by atoms with Crippen molar-refractivity contribution in [3.63, 3.8) is 0 Å². The van der Waals surface area contributed by atoms with Gasteiger partial charge >= 0.3 is 0 Å². The summed E-state index contributed by atoms with van der Waals surface area (Å²) in [5.74, 6) is 1.84. The second-order valence-corrected chi connectivity index (χ2v) is 5.22. The molecule has 5 heteroatoms. The van der Waals surface area contributed by atoms with Crippen LogP contribution in [-0.4, -0.2) is 28.9 Å². The second-order valence-electron chi connectivity index (χ2n) is 5.22. The Morgan fingerprint density at radius 1 is 1.09 bits per heavy atom. The molecule has 0 saturated heterocycles. The van der Waals surface area contributed by atoms with Crippen LogP contribution in [0.1, 0.15) is 24.4 Å². The van der Waals surface area contributed by atoms with Crippen molar-refractivity contribution in [1.82, 2.24) is 9.55 Å². The number of rotatable bonds is 5. The molecule has 0 aliphatic rings. The lowest BCUT2D eigenvalue weighted by Gasteiger charge is -2.15. The molecule has 0 bridgehead atoms. The van der Waals surface area contributed by atoms with E-state index in [4.69, 9.17) is 9.47 Å². The van der Waals surface area contributed by atoms with Gasteiger partial charge in [0.1, 0.15) is 11.9 Å². The average molecular weight is 312 g/mol. The maximum atomic E-state index is 10.8. The number of benzene rings is 2. The van der Waals surface area contributed by atoms with Gasteiger partial charge in [-0.3, -0.25) is 0 Å². The first-order valence-corrected chi connectivity index (χ1v) is 7.54. The van der Waals surface area contributed by atoms with Crippen LogP contribution >= 0.6 is 0 Å². The number of ether oxygens (including phenoxy) is 2. The molecule has 120 valence electrons. The molecule has 1 N–H and O–H groups in total. The Morgan fingerprint density at radius 3 is 2.52 bits per heavy atom. The van der Waals surface area contributed by atoms with E-state index in [-0.39, 0.29) is 0 Å². The van der Waals surface area contributed by atoms with E-state index in [1.54, 1.807) is 26.4 Å². The summed E-state index contributed by atoms with van der Waals surface area (Å²) in [5, 5.41) is 10.8. The van der Waals surface area contributed by atoms with Crippen LogP contribution in [0.5, 0.6) is 11.5 Å².